The summed E-state index contributed by atoms with van der Waals surface area (Å²) in [7, 11) is 0. The number of carbonyl (C=O) groups is 1. The van der Waals surface area contributed by atoms with Crippen LogP contribution in [0.25, 0.3) is 10.8 Å². The Balaban J connectivity index is 1.35. The molecule has 0 saturated carbocycles. The molecule has 128 valence electrons. The first-order valence-corrected chi connectivity index (χ1v) is 10.8. The quantitative estimate of drug-likeness (QED) is 0.451. The van der Waals surface area contributed by atoms with Crippen molar-refractivity contribution in [2.75, 3.05) is 11.5 Å². The maximum Gasteiger partial charge on any atom is 0.317 e. The third kappa shape index (κ3) is 4.11. The Labute approximate surface area is 158 Å². The molecule has 0 spiro atoms. The number of thiazole rings is 1. The molecular formula is C18H15NO3S3. The molecule has 3 aromatic rings. The molecule has 0 atom stereocenters. The Hall–Kier alpha value is -1.70. The molecule has 1 aliphatic heterocycles. The molecule has 3 heterocycles. The van der Waals surface area contributed by atoms with E-state index in [1.165, 1.54) is 28.4 Å². The first-order chi connectivity index (χ1) is 12.3. The van der Waals surface area contributed by atoms with Crippen molar-refractivity contribution in [3.63, 3.8) is 0 Å². The highest BCUT2D eigenvalue weighted by Crippen LogP contribution is 2.45. The van der Waals surface area contributed by atoms with Crippen LogP contribution in [0.1, 0.15) is 15.8 Å². The molecule has 7 heteroatoms. The van der Waals surface area contributed by atoms with Crippen molar-refractivity contribution in [1.29, 1.82) is 0 Å². The molecule has 2 aromatic heterocycles. The van der Waals surface area contributed by atoms with Crippen LogP contribution in [0.15, 0.2) is 52.5 Å². The first kappa shape index (κ1) is 16.8. The number of rotatable bonds is 5. The maximum absolute atomic E-state index is 12.1. The van der Waals surface area contributed by atoms with E-state index < -0.39 is 0 Å². The van der Waals surface area contributed by atoms with E-state index in [9.17, 15) is 4.79 Å². The zero-order valence-corrected chi connectivity index (χ0v) is 15.7. The molecular weight excluding hydrogens is 374 g/mol. The molecule has 1 saturated heterocycles. The van der Waals surface area contributed by atoms with Crippen molar-refractivity contribution in [3.8, 4) is 16.5 Å². The van der Waals surface area contributed by atoms with Crippen molar-refractivity contribution in [2.45, 2.75) is 11.0 Å². The molecule has 25 heavy (non-hydrogen) atoms. The summed E-state index contributed by atoms with van der Waals surface area (Å²) < 4.78 is 11.2. The number of nitrogens with zero attached hydrogens (tertiary/aromatic N) is 1. The van der Waals surface area contributed by atoms with E-state index in [1.54, 1.807) is 6.26 Å². The van der Waals surface area contributed by atoms with E-state index >= 15 is 0 Å². The lowest BCUT2D eigenvalue weighted by Gasteiger charge is -2.09. The number of hydrogen-bond acceptors (Lipinski definition) is 7. The van der Waals surface area contributed by atoms with Crippen molar-refractivity contribution in [1.82, 2.24) is 4.98 Å². The monoisotopic (exact) mass is 389 g/mol. The molecule has 4 rings (SSSR count). The van der Waals surface area contributed by atoms with E-state index in [2.05, 4.69) is 4.98 Å². The molecule has 1 fully saturated rings. The second-order valence-corrected chi connectivity index (χ2v) is 9.00. The molecule has 1 aromatic carbocycles. The van der Waals surface area contributed by atoms with Gasteiger partial charge in [-0.15, -0.1) is 34.9 Å². The lowest BCUT2D eigenvalue weighted by Crippen LogP contribution is -2.11. The minimum atomic E-state index is -0.311. The zero-order chi connectivity index (χ0) is 17.1. The van der Waals surface area contributed by atoms with Crippen molar-refractivity contribution >= 4 is 40.8 Å². The average Bonchev–Trinajstić information content (AvgIpc) is 3.37. The fourth-order valence-electron chi connectivity index (χ4n) is 2.46. The number of aromatic nitrogens is 1. The van der Waals surface area contributed by atoms with Gasteiger partial charge in [0.05, 0.1) is 23.0 Å². The third-order valence-corrected chi connectivity index (χ3v) is 7.62. The van der Waals surface area contributed by atoms with E-state index in [1.807, 2.05) is 65.3 Å². The second kappa shape index (κ2) is 7.68. The van der Waals surface area contributed by atoms with Gasteiger partial charge in [-0.05, 0) is 29.8 Å². The van der Waals surface area contributed by atoms with Gasteiger partial charge in [0.2, 0.25) is 0 Å². The topological polar surface area (TPSA) is 52.3 Å². The lowest BCUT2D eigenvalue weighted by atomic mass is 10.2. The number of furan rings is 1. The fourth-order valence-corrected chi connectivity index (χ4v) is 6.11. The van der Waals surface area contributed by atoms with Crippen LogP contribution in [0.2, 0.25) is 0 Å². The molecule has 0 unspecified atom stereocenters. The van der Waals surface area contributed by atoms with Gasteiger partial charge in [-0.3, -0.25) is 4.79 Å². The number of hydrogen-bond donors (Lipinski definition) is 0. The molecule has 0 bridgehead atoms. The van der Waals surface area contributed by atoms with Crippen LogP contribution in [0, 0.1) is 0 Å². The third-order valence-electron chi connectivity index (χ3n) is 3.61. The van der Waals surface area contributed by atoms with E-state index in [0.717, 1.165) is 5.01 Å². The minimum absolute atomic E-state index is 0.146. The smallest absolute Gasteiger partial charge is 0.317 e. The van der Waals surface area contributed by atoms with Gasteiger partial charge in [-0.2, -0.15) is 0 Å². The van der Waals surface area contributed by atoms with Crippen molar-refractivity contribution in [2.24, 2.45) is 0 Å². The van der Waals surface area contributed by atoms with E-state index in [-0.39, 0.29) is 12.4 Å². The summed E-state index contributed by atoms with van der Waals surface area (Å²) >= 11 is 5.37. The largest absolute Gasteiger partial charge is 0.462 e. The van der Waals surface area contributed by atoms with E-state index in [0.29, 0.717) is 21.8 Å². The van der Waals surface area contributed by atoms with Crippen LogP contribution in [0.4, 0.5) is 0 Å². The molecule has 0 radical (unpaired) electrons. The van der Waals surface area contributed by atoms with Crippen LogP contribution in [0.5, 0.6) is 5.75 Å². The highest BCUT2D eigenvalue weighted by Gasteiger charge is 2.18. The normalized spacial score (nSPS) is 14.7. The van der Waals surface area contributed by atoms with Gasteiger partial charge in [0.1, 0.15) is 5.75 Å². The Morgan fingerprint density at radius 3 is 2.72 bits per heavy atom. The molecule has 1 aliphatic rings. The number of benzene rings is 1. The number of ether oxygens (including phenoxy) is 1. The summed E-state index contributed by atoms with van der Waals surface area (Å²) in [6.07, 6.45) is 1.75. The van der Waals surface area contributed by atoms with Crippen molar-refractivity contribution < 1.29 is 13.9 Å². The Kier molecular flexibility index (Phi) is 5.14. The Bertz CT molecular complexity index is 837. The highest BCUT2D eigenvalue weighted by molar-refractivity contribution is 8.19. The predicted octanol–water partition coefficient (Wildman–Crippen LogP) is 5.03. The summed E-state index contributed by atoms with van der Waals surface area (Å²) in [5, 5.41) is 2.63. The Morgan fingerprint density at radius 1 is 1.20 bits per heavy atom. The van der Waals surface area contributed by atoms with Gasteiger partial charge < -0.3 is 9.15 Å². The predicted molar refractivity (Wildman–Crippen MR) is 103 cm³/mol. The number of thioether (sulfide) groups is 2. The van der Waals surface area contributed by atoms with Gasteiger partial charge in [0.15, 0.2) is 10.8 Å². The zero-order valence-electron chi connectivity index (χ0n) is 13.2. The maximum atomic E-state index is 12.1. The summed E-state index contributed by atoms with van der Waals surface area (Å²) in [6, 6.07) is 11.5. The van der Waals surface area contributed by atoms with Crippen LogP contribution in [-0.4, -0.2) is 22.5 Å². The standard InChI is InChI=1S/C18H15NO3S3/c20-16(10-13-11-25-17(19-13)15-2-1-7-21-15)22-14-5-3-12(4-6-14)18-23-8-9-24-18/h1-7,11,18H,8-10H2. The molecule has 0 amide bonds. The Morgan fingerprint density at radius 2 is 2.00 bits per heavy atom. The average molecular weight is 390 g/mol. The summed E-state index contributed by atoms with van der Waals surface area (Å²) in [6.45, 7) is 0. The summed E-state index contributed by atoms with van der Waals surface area (Å²) in [4.78, 5) is 16.5. The number of esters is 1. The first-order valence-electron chi connectivity index (χ1n) is 7.80. The van der Waals surface area contributed by atoms with Gasteiger partial charge in [-0.1, -0.05) is 12.1 Å². The molecule has 0 aliphatic carbocycles. The highest BCUT2D eigenvalue weighted by atomic mass is 32.2. The van der Waals surface area contributed by atoms with Crippen LogP contribution in [-0.2, 0) is 11.2 Å². The molecule has 0 N–H and O–H groups in total. The minimum Gasteiger partial charge on any atom is -0.462 e. The van der Waals surface area contributed by atoms with Gasteiger partial charge in [0.25, 0.3) is 0 Å². The van der Waals surface area contributed by atoms with Crippen molar-refractivity contribution in [3.05, 3.63) is 59.3 Å². The van der Waals surface area contributed by atoms with Gasteiger partial charge in [-0.25, -0.2) is 4.98 Å². The van der Waals surface area contributed by atoms with E-state index in [4.69, 9.17) is 9.15 Å². The second-order valence-electron chi connectivity index (χ2n) is 5.41. The van der Waals surface area contributed by atoms with Gasteiger partial charge >= 0.3 is 5.97 Å². The summed E-state index contributed by atoms with van der Waals surface area (Å²) in [5.41, 5.74) is 1.96. The van der Waals surface area contributed by atoms with Crippen LogP contribution >= 0.6 is 34.9 Å². The lowest BCUT2D eigenvalue weighted by molar-refractivity contribution is -0.133. The van der Waals surface area contributed by atoms with Crippen LogP contribution < -0.4 is 4.74 Å². The SMILES string of the molecule is O=C(Cc1csc(-c2ccco2)n1)Oc1ccc(C2SCCS2)cc1. The number of carbonyl (C=O) groups excluding carboxylic acids is 1. The summed E-state index contributed by atoms with van der Waals surface area (Å²) in [5.74, 6) is 3.36. The molecule has 4 nitrogen and oxygen atoms in total. The van der Waals surface area contributed by atoms with Gasteiger partial charge in [0, 0.05) is 16.9 Å². The van der Waals surface area contributed by atoms with Crippen LogP contribution in [0.3, 0.4) is 0 Å². The fraction of sp³-hybridized carbons (Fsp3) is 0.222.